The average molecular weight is 252 g/mol. The maximum absolute atomic E-state index is 9.48. The second-order valence-electron chi connectivity index (χ2n) is 4.31. The van der Waals surface area contributed by atoms with Gasteiger partial charge in [-0.1, -0.05) is 12.1 Å². The van der Waals surface area contributed by atoms with Gasteiger partial charge >= 0.3 is 0 Å². The Morgan fingerprint density at radius 2 is 1.74 bits per heavy atom. The first-order chi connectivity index (χ1) is 9.20. The molecule has 3 aromatic rings. The maximum Gasteiger partial charge on any atom is 0.238 e. The number of rotatable bonds is 2. The molecule has 0 radical (unpaired) electrons. The monoisotopic (exact) mass is 252 g/mol. The normalized spacial score (nSPS) is 10.6. The van der Waals surface area contributed by atoms with E-state index in [1.165, 1.54) is 0 Å². The number of aromatic nitrogens is 2. The molecule has 0 aliphatic heterocycles. The maximum atomic E-state index is 9.48. The SMILES string of the molecule is Cc1ccc(Oc2ccc3ccc(O)cc3c2)nn1. The van der Waals surface area contributed by atoms with E-state index >= 15 is 0 Å². The van der Waals surface area contributed by atoms with E-state index in [-0.39, 0.29) is 5.75 Å². The van der Waals surface area contributed by atoms with Crippen molar-refractivity contribution in [1.82, 2.24) is 10.2 Å². The predicted octanol–water partition coefficient (Wildman–Crippen LogP) is 3.44. The zero-order chi connectivity index (χ0) is 13.2. The van der Waals surface area contributed by atoms with Gasteiger partial charge in [0.05, 0.1) is 5.69 Å². The largest absolute Gasteiger partial charge is 0.508 e. The summed E-state index contributed by atoms with van der Waals surface area (Å²) in [5.41, 5.74) is 0.843. The summed E-state index contributed by atoms with van der Waals surface area (Å²) in [4.78, 5) is 0. The third-order valence-electron chi connectivity index (χ3n) is 2.79. The molecule has 0 unspecified atom stereocenters. The van der Waals surface area contributed by atoms with E-state index in [0.717, 1.165) is 16.5 Å². The Morgan fingerprint density at radius 1 is 0.895 bits per heavy atom. The van der Waals surface area contributed by atoms with Gasteiger partial charge in [-0.2, -0.15) is 5.10 Å². The van der Waals surface area contributed by atoms with Gasteiger partial charge in [-0.15, -0.1) is 5.10 Å². The lowest BCUT2D eigenvalue weighted by Crippen LogP contribution is -1.91. The molecule has 0 saturated carbocycles. The van der Waals surface area contributed by atoms with E-state index in [1.807, 2.05) is 37.3 Å². The second-order valence-corrected chi connectivity index (χ2v) is 4.31. The number of fused-ring (bicyclic) bond motifs is 1. The van der Waals surface area contributed by atoms with Crippen LogP contribution in [0.4, 0.5) is 0 Å². The Morgan fingerprint density at radius 3 is 2.53 bits per heavy atom. The molecule has 2 aromatic carbocycles. The number of phenols is 1. The number of ether oxygens (including phenoxy) is 1. The molecule has 1 heterocycles. The van der Waals surface area contributed by atoms with Gasteiger partial charge in [0, 0.05) is 6.07 Å². The van der Waals surface area contributed by atoms with Crippen LogP contribution in [0.5, 0.6) is 17.4 Å². The summed E-state index contributed by atoms with van der Waals surface area (Å²) in [6, 6.07) is 14.5. The van der Waals surface area contributed by atoms with Crippen molar-refractivity contribution in [1.29, 1.82) is 0 Å². The highest BCUT2D eigenvalue weighted by Crippen LogP contribution is 2.26. The van der Waals surface area contributed by atoms with Crippen LogP contribution in [0.1, 0.15) is 5.69 Å². The molecule has 1 aromatic heterocycles. The number of aryl methyl sites for hydroxylation is 1. The minimum Gasteiger partial charge on any atom is -0.508 e. The van der Waals surface area contributed by atoms with Crippen molar-refractivity contribution in [3.8, 4) is 17.4 Å². The molecule has 0 aliphatic carbocycles. The minimum absolute atomic E-state index is 0.236. The van der Waals surface area contributed by atoms with Crippen molar-refractivity contribution in [3.63, 3.8) is 0 Å². The van der Waals surface area contributed by atoms with Crippen LogP contribution < -0.4 is 4.74 Å². The first-order valence-corrected chi connectivity index (χ1v) is 5.92. The molecule has 0 saturated heterocycles. The van der Waals surface area contributed by atoms with Crippen LogP contribution in [0.3, 0.4) is 0 Å². The van der Waals surface area contributed by atoms with E-state index in [1.54, 1.807) is 18.2 Å². The van der Waals surface area contributed by atoms with Gasteiger partial charge in [-0.3, -0.25) is 0 Å². The fraction of sp³-hybridized carbons (Fsp3) is 0.0667. The average Bonchev–Trinajstić information content (AvgIpc) is 2.41. The summed E-state index contributed by atoms with van der Waals surface area (Å²) in [5.74, 6) is 1.35. The summed E-state index contributed by atoms with van der Waals surface area (Å²) in [6.07, 6.45) is 0. The van der Waals surface area contributed by atoms with E-state index in [2.05, 4.69) is 10.2 Å². The third-order valence-corrected chi connectivity index (χ3v) is 2.79. The van der Waals surface area contributed by atoms with E-state index in [0.29, 0.717) is 11.6 Å². The molecule has 94 valence electrons. The Balaban J connectivity index is 1.94. The molecule has 0 aliphatic rings. The highest BCUT2D eigenvalue weighted by atomic mass is 16.5. The van der Waals surface area contributed by atoms with Crippen LogP contribution in [0.15, 0.2) is 48.5 Å². The van der Waals surface area contributed by atoms with Gasteiger partial charge in [-0.05, 0) is 48.0 Å². The van der Waals surface area contributed by atoms with Gasteiger partial charge in [0.2, 0.25) is 5.88 Å². The van der Waals surface area contributed by atoms with Gasteiger partial charge in [0.1, 0.15) is 11.5 Å². The number of phenolic OH excluding ortho intramolecular Hbond substituents is 1. The van der Waals surface area contributed by atoms with Crippen molar-refractivity contribution in [2.45, 2.75) is 6.92 Å². The lowest BCUT2D eigenvalue weighted by molar-refractivity contribution is 0.455. The Labute approximate surface area is 110 Å². The van der Waals surface area contributed by atoms with Gasteiger partial charge in [0.25, 0.3) is 0 Å². The number of benzene rings is 2. The molecule has 0 atom stereocenters. The number of aromatic hydroxyl groups is 1. The predicted molar refractivity (Wildman–Crippen MR) is 72.5 cm³/mol. The van der Waals surface area contributed by atoms with Crippen molar-refractivity contribution >= 4 is 10.8 Å². The van der Waals surface area contributed by atoms with E-state index in [4.69, 9.17) is 4.74 Å². The van der Waals surface area contributed by atoms with Gasteiger partial charge in [-0.25, -0.2) is 0 Å². The first-order valence-electron chi connectivity index (χ1n) is 5.92. The summed E-state index contributed by atoms with van der Waals surface area (Å²) >= 11 is 0. The Bertz CT molecular complexity index is 724. The number of nitrogens with zero attached hydrogens (tertiary/aromatic N) is 2. The van der Waals surface area contributed by atoms with Gasteiger partial charge in [0.15, 0.2) is 0 Å². The first kappa shape index (κ1) is 11.5. The molecule has 19 heavy (non-hydrogen) atoms. The zero-order valence-electron chi connectivity index (χ0n) is 10.4. The lowest BCUT2D eigenvalue weighted by Gasteiger charge is -2.06. The van der Waals surface area contributed by atoms with Crippen molar-refractivity contribution in [2.75, 3.05) is 0 Å². The fourth-order valence-corrected chi connectivity index (χ4v) is 1.84. The van der Waals surface area contributed by atoms with Crippen molar-refractivity contribution < 1.29 is 9.84 Å². The van der Waals surface area contributed by atoms with Crippen LogP contribution >= 0.6 is 0 Å². The highest BCUT2D eigenvalue weighted by molar-refractivity contribution is 5.85. The third kappa shape index (κ3) is 2.47. The summed E-state index contributed by atoms with van der Waals surface area (Å²) in [5, 5.41) is 19.3. The smallest absolute Gasteiger partial charge is 0.238 e. The lowest BCUT2D eigenvalue weighted by atomic mass is 10.1. The van der Waals surface area contributed by atoms with Crippen LogP contribution in [-0.4, -0.2) is 15.3 Å². The Hall–Kier alpha value is -2.62. The molecule has 0 amide bonds. The molecule has 3 rings (SSSR count). The highest BCUT2D eigenvalue weighted by Gasteiger charge is 2.02. The Kier molecular flexibility index (Phi) is 2.76. The second kappa shape index (κ2) is 4.57. The van der Waals surface area contributed by atoms with Gasteiger partial charge < -0.3 is 9.84 Å². The molecular formula is C15H12N2O2. The van der Waals surface area contributed by atoms with Crippen LogP contribution in [0, 0.1) is 6.92 Å². The minimum atomic E-state index is 0.236. The zero-order valence-corrected chi connectivity index (χ0v) is 10.4. The van der Waals surface area contributed by atoms with Crippen LogP contribution in [-0.2, 0) is 0 Å². The summed E-state index contributed by atoms with van der Waals surface area (Å²) < 4.78 is 5.63. The van der Waals surface area contributed by atoms with Crippen molar-refractivity contribution in [2.24, 2.45) is 0 Å². The molecule has 4 heteroatoms. The summed E-state index contributed by atoms with van der Waals surface area (Å²) in [6.45, 7) is 1.87. The fourth-order valence-electron chi connectivity index (χ4n) is 1.84. The molecule has 1 N–H and O–H groups in total. The molecule has 0 fully saturated rings. The standard InChI is InChI=1S/C15H12N2O2/c1-10-2-7-15(17-16-10)19-14-6-4-11-3-5-13(18)8-12(11)9-14/h2-9,18H,1H3. The van der Waals surface area contributed by atoms with Crippen LogP contribution in [0.2, 0.25) is 0 Å². The summed E-state index contributed by atoms with van der Waals surface area (Å²) in [7, 11) is 0. The van der Waals surface area contributed by atoms with Crippen LogP contribution in [0.25, 0.3) is 10.8 Å². The number of hydrogen-bond acceptors (Lipinski definition) is 4. The van der Waals surface area contributed by atoms with E-state index in [9.17, 15) is 5.11 Å². The molecule has 4 nitrogen and oxygen atoms in total. The quantitative estimate of drug-likeness (QED) is 0.759. The molecular weight excluding hydrogens is 240 g/mol. The van der Waals surface area contributed by atoms with Crippen molar-refractivity contribution in [3.05, 3.63) is 54.2 Å². The molecule has 0 bridgehead atoms. The topological polar surface area (TPSA) is 55.2 Å². The number of hydrogen-bond donors (Lipinski definition) is 1. The molecule has 0 spiro atoms. The van der Waals surface area contributed by atoms with E-state index < -0.39 is 0 Å².